The molecule has 0 aromatic heterocycles. The second-order valence-electron chi connectivity index (χ2n) is 5.13. The van der Waals surface area contributed by atoms with E-state index in [9.17, 15) is 4.39 Å². The average Bonchev–Trinajstić information content (AvgIpc) is 2.46. The number of hydrogen-bond donors (Lipinski definition) is 1. The van der Waals surface area contributed by atoms with Crippen molar-refractivity contribution in [3.63, 3.8) is 0 Å². The third-order valence-corrected chi connectivity index (χ3v) is 3.44. The molecule has 0 aliphatic carbocycles. The zero-order chi connectivity index (χ0) is 14.4. The maximum Gasteiger partial charge on any atom is 0.128 e. The third-order valence-electron chi connectivity index (χ3n) is 3.44. The van der Waals surface area contributed by atoms with Crippen molar-refractivity contribution in [2.24, 2.45) is 5.73 Å². The van der Waals surface area contributed by atoms with Gasteiger partial charge in [-0.1, -0.05) is 48.5 Å². The van der Waals surface area contributed by atoms with Crippen LogP contribution in [-0.2, 0) is 6.42 Å². The lowest BCUT2D eigenvalue weighted by molar-refractivity contribution is 0.313. The highest BCUT2D eigenvalue weighted by Crippen LogP contribution is 2.15. The summed E-state index contributed by atoms with van der Waals surface area (Å²) in [6.07, 6.45) is 0.974. The van der Waals surface area contributed by atoms with Crippen molar-refractivity contribution in [1.82, 2.24) is 4.90 Å². The van der Waals surface area contributed by atoms with Gasteiger partial charge in [-0.25, -0.2) is 4.39 Å². The SMILES string of the molecule is CN(CCc1ccccc1)CC(N)c1ccccc1F. The van der Waals surface area contributed by atoms with E-state index < -0.39 is 0 Å². The molecule has 2 aromatic carbocycles. The molecule has 0 heterocycles. The van der Waals surface area contributed by atoms with Crippen LogP contribution in [0.1, 0.15) is 17.2 Å². The van der Waals surface area contributed by atoms with Crippen LogP contribution in [0.15, 0.2) is 54.6 Å². The van der Waals surface area contributed by atoms with Gasteiger partial charge >= 0.3 is 0 Å². The summed E-state index contributed by atoms with van der Waals surface area (Å²) >= 11 is 0. The van der Waals surface area contributed by atoms with Crippen molar-refractivity contribution in [2.45, 2.75) is 12.5 Å². The van der Waals surface area contributed by atoms with Crippen molar-refractivity contribution in [3.05, 3.63) is 71.5 Å². The first kappa shape index (κ1) is 14.7. The summed E-state index contributed by atoms with van der Waals surface area (Å²) in [4.78, 5) is 2.14. The predicted molar refractivity (Wildman–Crippen MR) is 81.0 cm³/mol. The van der Waals surface area contributed by atoms with Crippen LogP contribution in [0.25, 0.3) is 0 Å². The van der Waals surface area contributed by atoms with Crippen LogP contribution < -0.4 is 5.73 Å². The van der Waals surface area contributed by atoms with Crippen LogP contribution in [0.5, 0.6) is 0 Å². The van der Waals surface area contributed by atoms with Gasteiger partial charge in [-0.15, -0.1) is 0 Å². The van der Waals surface area contributed by atoms with Gasteiger partial charge in [0.15, 0.2) is 0 Å². The molecule has 2 nitrogen and oxygen atoms in total. The van der Waals surface area contributed by atoms with Gasteiger partial charge < -0.3 is 10.6 Å². The van der Waals surface area contributed by atoms with Crippen molar-refractivity contribution in [2.75, 3.05) is 20.1 Å². The molecule has 1 atom stereocenters. The molecule has 0 saturated carbocycles. The van der Waals surface area contributed by atoms with E-state index in [2.05, 4.69) is 17.0 Å². The second-order valence-corrected chi connectivity index (χ2v) is 5.13. The maximum atomic E-state index is 13.6. The normalized spacial score (nSPS) is 12.6. The van der Waals surface area contributed by atoms with E-state index >= 15 is 0 Å². The molecule has 0 aliphatic rings. The number of halogens is 1. The lowest BCUT2D eigenvalue weighted by Crippen LogP contribution is -2.31. The fourth-order valence-electron chi connectivity index (χ4n) is 2.27. The summed E-state index contributed by atoms with van der Waals surface area (Å²) in [5, 5.41) is 0. The Bertz CT molecular complexity index is 528. The summed E-state index contributed by atoms with van der Waals surface area (Å²) in [5.41, 5.74) is 7.97. The number of nitrogens with zero attached hydrogens (tertiary/aromatic N) is 1. The molecule has 106 valence electrons. The molecular weight excluding hydrogens is 251 g/mol. The molecule has 0 saturated heterocycles. The molecule has 0 fully saturated rings. The number of likely N-dealkylation sites (N-methyl/N-ethyl adjacent to an activating group) is 1. The van der Waals surface area contributed by atoms with E-state index in [1.807, 2.05) is 31.3 Å². The zero-order valence-electron chi connectivity index (χ0n) is 11.8. The number of nitrogens with two attached hydrogens (primary N) is 1. The Balaban J connectivity index is 1.85. The highest BCUT2D eigenvalue weighted by Gasteiger charge is 2.12. The van der Waals surface area contributed by atoms with Gasteiger partial charge in [0.25, 0.3) is 0 Å². The van der Waals surface area contributed by atoms with Gasteiger partial charge in [-0.05, 0) is 25.1 Å². The lowest BCUT2D eigenvalue weighted by Gasteiger charge is -2.21. The Morgan fingerprint density at radius 1 is 1.05 bits per heavy atom. The van der Waals surface area contributed by atoms with E-state index in [0.717, 1.165) is 13.0 Å². The molecule has 2 N–H and O–H groups in total. The van der Waals surface area contributed by atoms with E-state index in [0.29, 0.717) is 12.1 Å². The van der Waals surface area contributed by atoms with Gasteiger partial charge in [-0.2, -0.15) is 0 Å². The summed E-state index contributed by atoms with van der Waals surface area (Å²) in [7, 11) is 2.02. The highest BCUT2D eigenvalue weighted by atomic mass is 19.1. The van der Waals surface area contributed by atoms with Crippen molar-refractivity contribution < 1.29 is 4.39 Å². The highest BCUT2D eigenvalue weighted by molar-refractivity contribution is 5.21. The van der Waals surface area contributed by atoms with E-state index in [-0.39, 0.29) is 11.9 Å². The smallest absolute Gasteiger partial charge is 0.128 e. The lowest BCUT2D eigenvalue weighted by atomic mass is 10.1. The van der Waals surface area contributed by atoms with Crippen molar-refractivity contribution in [3.8, 4) is 0 Å². The van der Waals surface area contributed by atoms with Gasteiger partial charge in [0, 0.05) is 24.7 Å². The second kappa shape index (κ2) is 7.17. The predicted octanol–water partition coefficient (Wildman–Crippen LogP) is 3.00. The summed E-state index contributed by atoms with van der Waals surface area (Å²) in [6.45, 7) is 1.56. The van der Waals surface area contributed by atoms with E-state index in [4.69, 9.17) is 5.73 Å². The topological polar surface area (TPSA) is 29.3 Å². The molecule has 0 aliphatic heterocycles. The largest absolute Gasteiger partial charge is 0.323 e. The fourth-order valence-corrected chi connectivity index (χ4v) is 2.27. The molecule has 2 aromatic rings. The molecule has 0 spiro atoms. The molecule has 0 radical (unpaired) electrons. The zero-order valence-corrected chi connectivity index (χ0v) is 11.8. The van der Waals surface area contributed by atoms with Gasteiger partial charge in [0.1, 0.15) is 5.82 Å². The first-order chi connectivity index (χ1) is 9.66. The molecule has 0 bridgehead atoms. The summed E-state index contributed by atoms with van der Waals surface area (Å²) in [5.74, 6) is -0.226. The van der Waals surface area contributed by atoms with Gasteiger partial charge in [0.05, 0.1) is 0 Å². The Hall–Kier alpha value is -1.71. The minimum atomic E-state index is -0.294. The quantitative estimate of drug-likeness (QED) is 0.876. The molecule has 3 heteroatoms. The minimum Gasteiger partial charge on any atom is -0.323 e. The maximum absolute atomic E-state index is 13.6. The number of rotatable bonds is 6. The standard InChI is InChI=1S/C17H21FN2/c1-20(12-11-14-7-3-2-4-8-14)13-17(19)15-9-5-6-10-16(15)18/h2-10,17H,11-13,19H2,1H3. The van der Waals surface area contributed by atoms with Crippen LogP contribution in [0.4, 0.5) is 4.39 Å². The Kier molecular flexibility index (Phi) is 5.27. The molecule has 20 heavy (non-hydrogen) atoms. The molecule has 0 amide bonds. The first-order valence-corrected chi connectivity index (χ1v) is 6.89. The minimum absolute atomic E-state index is 0.226. The van der Waals surface area contributed by atoms with E-state index in [1.54, 1.807) is 12.1 Å². The average molecular weight is 272 g/mol. The number of benzene rings is 2. The van der Waals surface area contributed by atoms with Crippen LogP contribution in [-0.4, -0.2) is 25.0 Å². The van der Waals surface area contributed by atoms with Gasteiger partial charge in [-0.3, -0.25) is 0 Å². The van der Waals surface area contributed by atoms with Crippen LogP contribution in [0.3, 0.4) is 0 Å². The first-order valence-electron chi connectivity index (χ1n) is 6.89. The van der Waals surface area contributed by atoms with Crippen molar-refractivity contribution in [1.29, 1.82) is 0 Å². The van der Waals surface area contributed by atoms with Crippen molar-refractivity contribution >= 4 is 0 Å². The summed E-state index contributed by atoms with van der Waals surface area (Å²) < 4.78 is 13.6. The van der Waals surface area contributed by atoms with E-state index in [1.165, 1.54) is 11.6 Å². The van der Waals surface area contributed by atoms with Gasteiger partial charge in [0.2, 0.25) is 0 Å². The Morgan fingerprint density at radius 2 is 1.70 bits per heavy atom. The van der Waals surface area contributed by atoms with Crippen LogP contribution in [0.2, 0.25) is 0 Å². The Morgan fingerprint density at radius 3 is 2.40 bits per heavy atom. The molecular formula is C17H21FN2. The summed E-state index contributed by atoms with van der Waals surface area (Å²) in [6, 6.07) is 16.8. The van der Waals surface area contributed by atoms with Crippen LogP contribution in [0, 0.1) is 5.82 Å². The Labute approximate surface area is 120 Å². The number of hydrogen-bond acceptors (Lipinski definition) is 2. The molecule has 2 rings (SSSR count). The third kappa shape index (κ3) is 4.15. The fraction of sp³-hybridized carbons (Fsp3) is 0.294. The molecule has 1 unspecified atom stereocenters. The van der Waals surface area contributed by atoms with Crippen LogP contribution >= 0.6 is 0 Å². The monoisotopic (exact) mass is 272 g/mol.